The van der Waals surface area contributed by atoms with Crippen LogP contribution in [-0.4, -0.2) is 10.1 Å². The third-order valence-corrected chi connectivity index (χ3v) is 4.12. The lowest BCUT2D eigenvalue weighted by Gasteiger charge is -2.09. The lowest BCUT2D eigenvalue weighted by molar-refractivity contribution is 0.224. The van der Waals surface area contributed by atoms with Crippen molar-refractivity contribution >= 4 is 33.8 Å². The van der Waals surface area contributed by atoms with Crippen LogP contribution in [0.1, 0.15) is 16.5 Å². The first-order valence-corrected chi connectivity index (χ1v) is 6.76. The Balaban J connectivity index is 2.03. The molecule has 18 heavy (non-hydrogen) atoms. The summed E-state index contributed by atoms with van der Waals surface area (Å²) in [5.41, 5.74) is 1.71. The van der Waals surface area contributed by atoms with Crippen LogP contribution in [0.3, 0.4) is 0 Å². The largest absolute Gasteiger partial charge is 0.383 e. The van der Waals surface area contributed by atoms with Gasteiger partial charge >= 0.3 is 0 Å². The Morgan fingerprint density at radius 3 is 2.83 bits per heavy atom. The van der Waals surface area contributed by atoms with Crippen LogP contribution in [0, 0.1) is 0 Å². The number of halogens is 1. The van der Waals surface area contributed by atoms with E-state index >= 15 is 0 Å². The predicted octanol–water partition coefficient (Wildman–Crippen LogP) is 4.03. The highest BCUT2D eigenvalue weighted by molar-refractivity contribution is 7.10. The number of aromatic nitrogens is 1. The van der Waals surface area contributed by atoms with Gasteiger partial charge in [0, 0.05) is 27.4 Å². The molecular weight excluding hydrogens is 266 g/mol. The minimum absolute atomic E-state index is 0.655. The van der Waals surface area contributed by atoms with Crippen LogP contribution in [0.4, 0.5) is 0 Å². The van der Waals surface area contributed by atoms with E-state index in [-0.39, 0.29) is 0 Å². The Morgan fingerprint density at radius 2 is 2.06 bits per heavy atom. The molecule has 0 spiro atoms. The molecule has 0 saturated carbocycles. The molecule has 0 amide bonds. The topological polar surface area (TPSA) is 33.1 Å². The molecule has 0 aliphatic carbocycles. The Morgan fingerprint density at radius 1 is 1.22 bits per heavy atom. The Labute approximate surface area is 113 Å². The lowest BCUT2D eigenvalue weighted by Crippen LogP contribution is -1.97. The van der Waals surface area contributed by atoms with Crippen molar-refractivity contribution in [3.63, 3.8) is 0 Å². The van der Waals surface area contributed by atoms with Crippen LogP contribution in [0.5, 0.6) is 0 Å². The third kappa shape index (κ3) is 2.12. The van der Waals surface area contributed by atoms with Crippen LogP contribution >= 0.6 is 22.9 Å². The molecule has 90 valence electrons. The maximum atomic E-state index is 10.3. The third-order valence-electron chi connectivity index (χ3n) is 2.78. The number of aliphatic hydroxyl groups is 1. The van der Waals surface area contributed by atoms with Gasteiger partial charge in [0.15, 0.2) is 0 Å². The zero-order valence-electron chi connectivity index (χ0n) is 9.38. The van der Waals surface area contributed by atoms with E-state index in [1.807, 2.05) is 35.7 Å². The van der Waals surface area contributed by atoms with E-state index in [9.17, 15) is 5.11 Å². The van der Waals surface area contributed by atoms with Gasteiger partial charge in [-0.15, -0.1) is 11.3 Å². The standard InChI is InChI=1S/C14H10ClNOS/c15-11-6-13(18-8-11)14(17)10-5-9-3-1-2-4-12(9)16-7-10/h1-8,14,17H. The number of hydrogen-bond acceptors (Lipinski definition) is 3. The Hall–Kier alpha value is -1.42. The summed E-state index contributed by atoms with van der Waals surface area (Å²) in [5.74, 6) is 0. The van der Waals surface area contributed by atoms with Crippen molar-refractivity contribution in [3.05, 3.63) is 63.4 Å². The van der Waals surface area contributed by atoms with Crippen molar-refractivity contribution in [1.29, 1.82) is 0 Å². The van der Waals surface area contributed by atoms with Gasteiger partial charge < -0.3 is 5.11 Å². The molecule has 0 saturated heterocycles. The van der Waals surface area contributed by atoms with Crippen molar-refractivity contribution < 1.29 is 5.11 Å². The summed E-state index contributed by atoms with van der Waals surface area (Å²) < 4.78 is 0. The fraction of sp³-hybridized carbons (Fsp3) is 0.0714. The van der Waals surface area contributed by atoms with Crippen LogP contribution in [0.15, 0.2) is 48.0 Å². The summed E-state index contributed by atoms with van der Waals surface area (Å²) in [5, 5.41) is 13.8. The molecule has 0 radical (unpaired) electrons. The molecule has 2 nitrogen and oxygen atoms in total. The number of fused-ring (bicyclic) bond motifs is 1. The first-order chi connectivity index (χ1) is 8.74. The van der Waals surface area contributed by atoms with Gasteiger partial charge in [-0.05, 0) is 18.2 Å². The van der Waals surface area contributed by atoms with Crippen molar-refractivity contribution in [1.82, 2.24) is 4.98 Å². The molecule has 2 heterocycles. The second kappa shape index (κ2) is 4.69. The molecule has 1 N–H and O–H groups in total. The minimum Gasteiger partial charge on any atom is -0.383 e. The second-order valence-electron chi connectivity index (χ2n) is 4.03. The van der Waals surface area contributed by atoms with Crippen LogP contribution in [0.25, 0.3) is 10.9 Å². The summed E-state index contributed by atoms with van der Waals surface area (Å²) in [7, 11) is 0. The van der Waals surface area contributed by atoms with Crippen LogP contribution in [0.2, 0.25) is 5.02 Å². The van der Waals surface area contributed by atoms with E-state index in [4.69, 9.17) is 11.6 Å². The first kappa shape index (κ1) is 11.7. The Bertz CT molecular complexity index is 695. The number of para-hydroxylation sites is 1. The van der Waals surface area contributed by atoms with Gasteiger partial charge in [-0.25, -0.2) is 0 Å². The molecule has 0 fully saturated rings. The maximum Gasteiger partial charge on any atom is 0.115 e. The normalized spacial score (nSPS) is 12.8. The van der Waals surface area contributed by atoms with E-state index in [2.05, 4.69) is 4.98 Å². The fourth-order valence-corrected chi connectivity index (χ4v) is 2.97. The van der Waals surface area contributed by atoms with Crippen molar-refractivity contribution in [3.8, 4) is 0 Å². The van der Waals surface area contributed by atoms with Crippen LogP contribution in [-0.2, 0) is 0 Å². The van der Waals surface area contributed by atoms with Gasteiger partial charge in [0.1, 0.15) is 6.10 Å². The summed E-state index contributed by atoms with van der Waals surface area (Å²) >= 11 is 7.32. The molecule has 0 aliphatic rings. The molecular formula is C14H10ClNOS. The number of rotatable bonds is 2. The molecule has 4 heteroatoms. The SMILES string of the molecule is OC(c1cnc2ccccc2c1)c1cc(Cl)cs1. The number of benzene rings is 1. The molecule has 3 aromatic rings. The van der Waals surface area contributed by atoms with E-state index in [0.717, 1.165) is 21.3 Å². The van der Waals surface area contributed by atoms with Crippen LogP contribution < -0.4 is 0 Å². The van der Waals surface area contributed by atoms with Crippen molar-refractivity contribution in [2.45, 2.75) is 6.10 Å². The average molecular weight is 276 g/mol. The van der Waals surface area contributed by atoms with Gasteiger partial charge in [0.25, 0.3) is 0 Å². The summed E-state index contributed by atoms with van der Waals surface area (Å²) in [6.07, 6.45) is 1.04. The van der Waals surface area contributed by atoms with Gasteiger partial charge in [0.2, 0.25) is 0 Å². The van der Waals surface area contributed by atoms with E-state index in [1.165, 1.54) is 11.3 Å². The molecule has 3 rings (SSSR count). The molecule has 1 atom stereocenters. The lowest BCUT2D eigenvalue weighted by atomic mass is 10.1. The number of thiophene rings is 1. The predicted molar refractivity (Wildman–Crippen MR) is 75.1 cm³/mol. The number of pyridine rings is 1. The fourth-order valence-electron chi connectivity index (χ4n) is 1.87. The molecule has 1 aromatic carbocycles. The maximum absolute atomic E-state index is 10.3. The van der Waals surface area contributed by atoms with Gasteiger partial charge in [-0.1, -0.05) is 29.8 Å². The van der Waals surface area contributed by atoms with Crippen molar-refractivity contribution in [2.75, 3.05) is 0 Å². The van der Waals surface area contributed by atoms with E-state index in [0.29, 0.717) is 5.02 Å². The van der Waals surface area contributed by atoms with Crippen molar-refractivity contribution in [2.24, 2.45) is 0 Å². The van der Waals surface area contributed by atoms with Gasteiger partial charge in [-0.3, -0.25) is 4.98 Å². The summed E-state index contributed by atoms with van der Waals surface area (Å²) in [6, 6.07) is 11.6. The minimum atomic E-state index is -0.667. The number of hydrogen-bond donors (Lipinski definition) is 1. The molecule has 2 aromatic heterocycles. The summed E-state index contributed by atoms with van der Waals surface area (Å²) in [6.45, 7) is 0. The highest BCUT2D eigenvalue weighted by Crippen LogP contribution is 2.30. The first-order valence-electron chi connectivity index (χ1n) is 5.51. The highest BCUT2D eigenvalue weighted by Gasteiger charge is 2.13. The number of nitrogens with zero attached hydrogens (tertiary/aromatic N) is 1. The smallest absolute Gasteiger partial charge is 0.115 e. The zero-order chi connectivity index (χ0) is 12.5. The quantitative estimate of drug-likeness (QED) is 0.766. The molecule has 0 bridgehead atoms. The molecule has 1 unspecified atom stereocenters. The van der Waals surface area contributed by atoms with E-state index in [1.54, 1.807) is 12.3 Å². The second-order valence-corrected chi connectivity index (χ2v) is 5.41. The zero-order valence-corrected chi connectivity index (χ0v) is 10.9. The number of aliphatic hydroxyl groups excluding tert-OH is 1. The monoisotopic (exact) mass is 275 g/mol. The van der Waals surface area contributed by atoms with Gasteiger partial charge in [-0.2, -0.15) is 0 Å². The van der Waals surface area contributed by atoms with E-state index < -0.39 is 6.10 Å². The highest BCUT2D eigenvalue weighted by atomic mass is 35.5. The van der Waals surface area contributed by atoms with Gasteiger partial charge in [0.05, 0.1) is 10.5 Å². The summed E-state index contributed by atoms with van der Waals surface area (Å²) in [4.78, 5) is 5.18. The molecule has 0 aliphatic heterocycles. The Kier molecular flexibility index (Phi) is 3.04. The average Bonchev–Trinajstić information content (AvgIpc) is 2.84.